The minimum atomic E-state index is -4.45. The summed E-state index contributed by atoms with van der Waals surface area (Å²) in [6.07, 6.45) is -6.25. The Hall–Kier alpha value is -1.30. The zero-order valence-electron chi connectivity index (χ0n) is 9.51. The van der Waals surface area contributed by atoms with Gasteiger partial charge in [-0.1, -0.05) is 12.1 Å². The smallest absolute Gasteiger partial charge is 0.428 e. The number of halogens is 4. The van der Waals surface area contributed by atoms with Gasteiger partial charge in [0.2, 0.25) is 0 Å². The molecular weight excluding hydrogens is 250 g/mol. The molecule has 2 nitrogen and oxygen atoms in total. The molecule has 0 aliphatic carbocycles. The molecule has 1 atom stereocenters. The van der Waals surface area contributed by atoms with E-state index in [1.54, 1.807) is 12.1 Å². The number of nitrogens with one attached hydrogen (secondary N) is 1. The Balaban J connectivity index is 2.03. The molecule has 0 amide bonds. The molecule has 1 aromatic rings. The summed E-state index contributed by atoms with van der Waals surface area (Å²) in [7, 11) is 0. The highest BCUT2D eigenvalue weighted by atomic mass is 19.3. The molecule has 1 heterocycles. The normalized spacial score (nSPS) is 20.4. The Labute approximate surface area is 102 Å². The van der Waals surface area contributed by atoms with E-state index in [9.17, 15) is 17.6 Å². The largest absolute Gasteiger partial charge is 0.461 e. The summed E-state index contributed by atoms with van der Waals surface area (Å²) in [6.45, 7) is 0.923. The molecule has 0 spiro atoms. The minimum absolute atomic E-state index is 0.203. The average molecular weight is 263 g/mol. The molecule has 6 heteroatoms. The fourth-order valence-corrected chi connectivity index (χ4v) is 1.94. The first-order valence-corrected chi connectivity index (χ1v) is 5.67. The van der Waals surface area contributed by atoms with Crippen molar-refractivity contribution in [3.8, 4) is 5.75 Å². The topological polar surface area (TPSA) is 21.3 Å². The van der Waals surface area contributed by atoms with E-state index in [1.807, 2.05) is 0 Å². The van der Waals surface area contributed by atoms with Crippen molar-refractivity contribution in [2.75, 3.05) is 6.54 Å². The number of hydrogen-bond acceptors (Lipinski definition) is 2. The van der Waals surface area contributed by atoms with Gasteiger partial charge in [0.15, 0.2) is 0 Å². The van der Waals surface area contributed by atoms with Crippen LogP contribution < -0.4 is 10.1 Å². The lowest BCUT2D eigenvalue weighted by molar-refractivity contribution is -0.253. The summed E-state index contributed by atoms with van der Waals surface area (Å²) in [5, 5.41) is 3.25. The maximum Gasteiger partial charge on any atom is 0.461 e. The third-order valence-electron chi connectivity index (χ3n) is 2.85. The van der Waals surface area contributed by atoms with Crippen LogP contribution in [-0.4, -0.2) is 19.1 Å². The van der Waals surface area contributed by atoms with Crippen LogP contribution >= 0.6 is 0 Å². The van der Waals surface area contributed by atoms with E-state index < -0.39 is 12.5 Å². The first-order chi connectivity index (χ1) is 8.49. The lowest BCUT2D eigenvalue weighted by atomic mass is 10.1. The molecule has 0 aromatic heterocycles. The quantitative estimate of drug-likeness (QED) is 0.841. The Morgan fingerprint density at radius 1 is 1.22 bits per heavy atom. The van der Waals surface area contributed by atoms with E-state index in [4.69, 9.17) is 0 Å². The summed E-state index contributed by atoms with van der Waals surface area (Å²) < 4.78 is 53.2. The summed E-state index contributed by atoms with van der Waals surface area (Å²) in [5.41, 5.74) is 0.945. The average Bonchev–Trinajstić information content (AvgIpc) is 2.83. The Bertz CT molecular complexity index is 388. The van der Waals surface area contributed by atoms with E-state index in [-0.39, 0.29) is 11.8 Å². The molecular formula is C12H13F4NO. The molecule has 1 aliphatic heterocycles. The van der Waals surface area contributed by atoms with Crippen molar-refractivity contribution in [2.45, 2.75) is 31.4 Å². The van der Waals surface area contributed by atoms with E-state index in [0.717, 1.165) is 24.9 Å². The van der Waals surface area contributed by atoms with Crippen molar-refractivity contribution in [3.63, 3.8) is 0 Å². The van der Waals surface area contributed by atoms with E-state index in [0.29, 0.717) is 0 Å². The highest BCUT2D eigenvalue weighted by molar-refractivity contribution is 5.29. The number of rotatable bonds is 4. The van der Waals surface area contributed by atoms with E-state index >= 15 is 0 Å². The summed E-state index contributed by atoms with van der Waals surface area (Å²) in [6, 6.07) is 5.99. The van der Waals surface area contributed by atoms with E-state index in [2.05, 4.69) is 10.1 Å². The molecule has 100 valence electrons. The van der Waals surface area contributed by atoms with Gasteiger partial charge >= 0.3 is 12.5 Å². The van der Waals surface area contributed by atoms with E-state index in [1.165, 1.54) is 12.1 Å². The Morgan fingerprint density at radius 3 is 2.39 bits per heavy atom. The fourth-order valence-electron chi connectivity index (χ4n) is 1.94. The standard InChI is InChI=1S/C12H13F4NO/c13-11(14)12(15,16)18-9-5-3-8(4-6-9)10-2-1-7-17-10/h3-6,10-11,17H,1-2,7H2/t10-/m1/s1. The van der Waals surface area contributed by atoms with Gasteiger partial charge in [-0.25, -0.2) is 0 Å². The van der Waals surface area contributed by atoms with Crippen LogP contribution in [0, 0.1) is 0 Å². The number of benzene rings is 1. The van der Waals surface area contributed by atoms with Crippen molar-refractivity contribution in [2.24, 2.45) is 0 Å². The van der Waals surface area contributed by atoms with Crippen molar-refractivity contribution in [1.29, 1.82) is 0 Å². The van der Waals surface area contributed by atoms with Crippen molar-refractivity contribution < 1.29 is 22.3 Å². The second-order valence-corrected chi connectivity index (χ2v) is 4.18. The summed E-state index contributed by atoms with van der Waals surface area (Å²) in [4.78, 5) is 0. The van der Waals surface area contributed by atoms with Crippen LogP contribution in [0.5, 0.6) is 5.75 Å². The lowest BCUT2D eigenvalue weighted by Gasteiger charge is -2.17. The van der Waals surface area contributed by atoms with Crippen LogP contribution in [0.3, 0.4) is 0 Å². The van der Waals surface area contributed by atoms with Crippen LogP contribution in [0.2, 0.25) is 0 Å². The molecule has 0 radical (unpaired) electrons. The first-order valence-electron chi connectivity index (χ1n) is 5.67. The van der Waals surface area contributed by atoms with Crippen molar-refractivity contribution in [1.82, 2.24) is 5.32 Å². The summed E-state index contributed by atoms with van der Waals surface area (Å²) >= 11 is 0. The second kappa shape index (κ2) is 5.14. The number of alkyl halides is 4. The van der Waals surface area contributed by atoms with Crippen LogP contribution in [0.1, 0.15) is 24.4 Å². The zero-order chi connectivity index (χ0) is 13.2. The van der Waals surface area contributed by atoms with Gasteiger partial charge in [-0.15, -0.1) is 0 Å². The Morgan fingerprint density at radius 2 is 1.89 bits per heavy atom. The van der Waals surface area contributed by atoms with Gasteiger partial charge < -0.3 is 10.1 Å². The third kappa shape index (κ3) is 2.93. The molecule has 0 saturated carbocycles. The fraction of sp³-hybridized carbons (Fsp3) is 0.500. The highest BCUT2D eigenvalue weighted by Gasteiger charge is 2.43. The molecule has 0 unspecified atom stereocenters. The monoisotopic (exact) mass is 263 g/mol. The van der Waals surface area contributed by atoms with Gasteiger partial charge in [0.1, 0.15) is 5.75 Å². The lowest BCUT2D eigenvalue weighted by Crippen LogP contribution is -2.33. The highest BCUT2D eigenvalue weighted by Crippen LogP contribution is 2.29. The maximum atomic E-state index is 12.6. The molecule has 1 N–H and O–H groups in total. The van der Waals surface area contributed by atoms with Gasteiger partial charge in [0, 0.05) is 6.04 Å². The SMILES string of the molecule is FC(F)C(F)(F)Oc1ccc([C@H]2CCCN2)cc1. The molecule has 1 fully saturated rings. The zero-order valence-corrected chi connectivity index (χ0v) is 9.51. The Kier molecular flexibility index (Phi) is 3.75. The van der Waals surface area contributed by atoms with Gasteiger partial charge in [0.25, 0.3) is 0 Å². The molecule has 1 saturated heterocycles. The molecule has 0 bridgehead atoms. The minimum Gasteiger partial charge on any atom is -0.428 e. The van der Waals surface area contributed by atoms with Gasteiger partial charge in [-0.05, 0) is 37.1 Å². The van der Waals surface area contributed by atoms with Gasteiger partial charge in [0.05, 0.1) is 0 Å². The first kappa shape index (κ1) is 13.1. The molecule has 1 aliphatic rings. The third-order valence-corrected chi connectivity index (χ3v) is 2.85. The van der Waals surface area contributed by atoms with Crippen LogP contribution in [0.4, 0.5) is 17.6 Å². The predicted octanol–water partition coefficient (Wildman–Crippen LogP) is 3.35. The second-order valence-electron chi connectivity index (χ2n) is 4.18. The van der Waals surface area contributed by atoms with Crippen molar-refractivity contribution >= 4 is 0 Å². The van der Waals surface area contributed by atoms with Gasteiger partial charge in [-0.2, -0.15) is 17.6 Å². The summed E-state index contributed by atoms with van der Waals surface area (Å²) in [5.74, 6) is -0.262. The van der Waals surface area contributed by atoms with Gasteiger partial charge in [-0.3, -0.25) is 0 Å². The van der Waals surface area contributed by atoms with Crippen molar-refractivity contribution in [3.05, 3.63) is 29.8 Å². The molecule has 2 rings (SSSR count). The number of hydrogen-bond donors (Lipinski definition) is 1. The van der Waals surface area contributed by atoms with Crippen LogP contribution in [-0.2, 0) is 0 Å². The maximum absolute atomic E-state index is 12.6. The van der Waals surface area contributed by atoms with Crippen LogP contribution in [0.25, 0.3) is 0 Å². The predicted molar refractivity (Wildman–Crippen MR) is 58.0 cm³/mol. The number of ether oxygens (including phenoxy) is 1. The molecule has 18 heavy (non-hydrogen) atoms. The van der Waals surface area contributed by atoms with Crippen LogP contribution in [0.15, 0.2) is 24.3 Å². The molecule has 1 aromatic carbocycles.